The second-order valence-corrected chi connectivity index (χ2v) is 6.10. The molecule has 0 aliphatic carbocycles. The molecule has 0 bridgehead atoms. The van der Waals surface area contributed by atoms with Crippen LogP contribution >= 0.6 is 0 Å². The second kappa shape index (κ2) is 5.93. The van der Waals surface area contributed by atoms with Gasteiger partial charge in [0.15, 0.2) is 11.7 Å². The minimum Gasteiger partial charge on any atom is -0.440 e. The van der Waals surface area contributed by atoms with Gasteiger partial charge < -0.3 is 9.73 Å². The van der Waals surface area contributed by atoms with Crippen molar-refractivity contribution < 1.29 is 13.2 Å². The van der Waals surface area contributed by atoms with Crippen molar-refractivity contribution in [3.63, 3.8) is 0 Å². The Morgan fingerprint density at radius 2 is 1.95 bits per heavy atom. The maximum Gasteiger partial charge on any atom is 0.196 e. The molecule has 1 aromatic heterocycles. The minimum absolute atomic E-state index is 0.00415. The van der Waals surface area contributed by atoms with Gasteiger partial charge in [-0.3, -0.25) is 0 Å². The van der Waals surface area contributed by atoms with Gasteiger partial charge >= 0.3 is 0 Å². The SMILES string of the molecule is Cc1ccc(F)c(-c2cnc(CCNC(C)(C)C)o2)c1F. The van der Waals surface area contributed by atoms with E-state index >= 15 is 0 Å². The normalized spacial score (nSPS) is 11.9. The lowest BCUT2D eigenvalue weighted by molar-refractivity contribution is 0.411. The van der Waals surface area contributed by atoms with Crippen LogP contribution in [0, 0.1) is 18.6 Å². The molecule has 1 heterocycles. The lowest BCUT2D eigenvalue weighted by Crippen LogP contribution is -2.37. The molecule has 0 aliphatic rings. The van der Waals surface area contributed by atoms with E-state index in [2.05, 4.69) is 31.1 Å². The zero-order valence-corrected chi connectivity index (χ0v) is 12.8. The van der Waals surface area contributed by atoms with Gasteiger partial charge in [0.05, 0.1) is 11.8 Å². The summed E-state index contributed by atoms with van der Waals surface area (Å²) in [4.78, 5) is 4.08. The molecule has 0 saturated carbocycles. The number of aromatic nitrogens is 1. The summed E-state index contributed by atoms with van der Waals surface area (Å²) in [7, 11) is 0. The molecule has 2 rings (SSSR count). The summed E-state index contributed by atoms with van der Waals surface area (Å²) in [6.45, 7) is 8.45. The van der Waals surface area contributed by atoms with Gasteiger partial charge in [-0.1, -0.05) is 6.07 Å². The molecule has 21 heavy (non-hydrogen) atoms. The van der Waals surface area contributed by atoms with E-state index in [-0.39, 0.29) is 16.9 Å². The molecule has 0 atom stereocenters. The summed E-state index contributed by atoms with van der Waals surface area (Å²) in [5, 5.41) is 3.30. The van der Waals surface area contributed by atoms with Crippen molar-refractivity contribution in [2.75, 3.05) is 6.54 Å². The zero-order valence-electron chi connectivity index (χ0n) is 12.8. The maximum atomic E-state index is 14.0. The van der Waals surface area contributed by atoms with Gasteiger partial charge in [-0.05, 0) is 39.3 Å². The third-order valence-corrected chi connectivity index (χ3v) is 3.08. The quantitative estimate of drug-likeness (QED) is 0.930. The molecule has 0 unspecified atom stereocenters. The molecule has 0 aliphatic heterocycles. The van der Waals surface area contributed by atoms with E-state index in [1.807, 2.05) is 0 Å². The minimum atomic E-state index is -0.645. The summed E-state index contributed by atoms with van der Waals surface area (Å²) in [6, 6.07) is 2.63. The molecule has 0 amide bonds. The van der Waals surface area contributed by atoms with Crippen LogP contribution in [0.15, 0.2) is 22.7 Å². The van der Waals surface area contributed by atoms with Crippen molar-refractivity contribution in [2.45, 2.75) is 39.7 Å². The summed E-state index contributed by atoms with van der Waals surface area (Å²) >= 11 is 0. The average molecular weight is 294 g/mol. The monoisotopic (exact) mass is 294 g/mol. The van der Waals surface area contributed by atoms with Gasteiger partial charge in [-0.25, -0.2) is 13.8 Å². The molecular weight excluding hydrogens is 274 g/mol. The van der Waals surface area contributed by atoms with Gasteiger partial charge in [-0.2, -0.15) is 0 Å². The van der Waals surface area contributed by atoms with Crippen molar-refractivity contribution >= 4 is 0 Å². The van der Waals surface area contributed by atoms with Gasteiger partial charge in [0.25, 0.3) is 0 Å². The lowest BCUT2D eigenvalue weighted by atomic mass is 10.1. The summed E-state index contributed by atoms with van der Waals surface area (Å²) < 4.78 is 33.3. The Morgan fingerprint density at radius 3 is 2.62 bits per heavy atom. The fraction of sp³-hybridized carbons (Fsp3) is 0.438. The molecule has 1 aromatic carbocycles. The molecule has 114 valence electrons. The fourth-order valence-corrected chi connectivity index (χ4v) is 1.97. The summed E-state index contributed by atoms with van der Waals surface area (Å²) in [6.07, 6.45) is 1.93. The lowest BCUT2D eigenvalue weighted by Gasteiger charge is -2.19. The zero-order chi connectivity index (χ0) is 15.6. The molecule has 0 radical (unpaired) electrons. The van der Waals surface area contributed by atoms with Crippen molar-refractivity contribution in [1.29, 1.82) is 0 Å². The molecule has 2 aromatic rings. The molecule has 3 nitrogen and oxygen atoms in total. The number of halogens is 2. The predicted octanol–water partition coefficient (Wildman–Crippen LogP) is 3.86. The molecule has 0 spiro atoms. The third-order valence-electron chi connectivity index (χ3n) is 3.08. The molecule has 1 N–H and O–H groups in total. The highest BCUT2D eigenvalue weighted by atomic mass is 19.1. The first kappa shape index (κ1) is 15.6. The van der Waals surface area contributed by atoms with Crippen molar-refractivity contribution in [1.82, 2.24) is 10.3 Å². The van der Waals surface area contributed by atoms with Crippen LogP contribution in [0.1, 0.15) is 32.2 Å². The highest BCUT2D eigenvalue weighted by molar-refractivity contribution is 5.59. The number of oxazole rings is 1. The molecule has 0 saturated heterocycles. The Balaban J connectivity index is 2.15. The fourth-order valence-electron chi connectivity index (χ4n) is 1.97. The average Bonchev–Trinajstić information content (AvgIpc) is 2.81. The van der Waals surface area contributed by atoms with Gasteiger partial charge in [0, 0.05) is 18.5 Å². The molecule has 0 fully saturated rings. The number of benzene rings is 1. The van der Waals surface area contributed by atoms with Crippen molar-refractivity contribution in [3.05, 3.63) is 41.4 Å². The smallest absolute Gasteiger partial charge is 0.196 e. The van der Waals surface area contributed by atoms with Crippen LogP contribution in [0.4, 0.5) is 8.78 Å². The van der Waals surface area contributed by atoms with Crippen LogP contribution in [-0.2, 0) is 6.42 Å². The van der Waals surface area contributed by atoms with E-state index in [1.54, 1.807) is 6.92 Å². The van der Waals surface area contributed by atoms with Crippen molar-refractivity contribution in [3.8, 4) is 11.3 Å². The molecular formula is C16H20F2N2O. The number of rotatable bonds is 4. The number of nitrogens with one attached hydrogen (secondary N) is 1. The Morgan fingerprint density at radius 1 is 1.24 bits per heavy atom. The first-order chi connectivity index (χ1) is 9.78. The standard InChI is InChI=1S/C16H20F2N2O/c1-10-5-6-11(17)14(15(10)18)12-9-19-13(21-12)7-8-20-16(2,3)4/h5-6,9,20H,7-8H2,1-4H3. The highest BCUT2D eigenvalue weighted by Gasteiger charge is 2.18. The maximum absolute atomic E-state index is 14.0. The van der Waals surface area contributed by atoms with Gasteiger partial charge in [0.1, 0.15) is 11.6 Å². The number of nitrogens with zero attached hydrogens (tertiary/aromatic N) is 1. The Kier molecular flexibility index (Phi) is 4.42. The van der Waals surface area contributed by atoms with E-state index in [1.165, 1.54) is 18.3 Å². The van der Waals surface area contributed by atoms with Crippen LogP contribution in [0.2, 0.25) is 0 Å². The van der Waals surface area contributed by atoms with E-state index < -0.39 is 11.6 Å². The number of hydrogen-bond acceptors (Lipinski definition) is 3. The van der Waals surface area contributed by atoms with E-state index in [0.717, 1.165) is 0 Å². The highest BCUT2D eigenvalue weighted by Crippen LogP contribution is 2.28. The Labute approximate surface area is 123 Å². The Hall–Kier alpha value is -1.75. The summed E-state index contributed by atoms with van der Waals surface area (Å²) in [5.41, 5.74) is 0.223. The Bertz CT molecular complexity index is 630. The van der Waals surface area contributed by atoms with E-state index in [0.29, 0.717) is 24.4 Å². The number of hydrogen-bond donors (Lipinski definition) is 1. The van der Waals surface area contributed by atoms with Crippen LogP contribution in [0.5, 0.6) is 0 Å². The van der Waals surface area contributed by atoms with Gasteiger partial charge in [-0.15, -0.1) is 0 Å². The third kappa shape index (κ3) is 3.88. The largest absolute Gasteiger partial charge is 0.440 e. The predicted molar refractivity (Wildman–Crippen MR) is 78.1 cm³/mol. The van der Waals surface area contributed by atoms with Crippen LogP contribution in [0.3, 0.4) is 0 Å². The van der Waals surface area contributed by atoms with E-state index in [9.17, 15) is 8.78 Å². The van der Waals surface area contributed by atoms with Crippen molar-refractivity contribution in [2.24, 2.45) is 0 Å². The summed E-state index contributed by atoms with van der Waals surface area (Å²) in [5.74, 6) is -0.666. The first-order valence-electron chi connectivity index (χ1n) is 6.92. The van der Waals surface area contributed by atoms with E-state index in [4.69, 9.17) is 4.42 Å². The van der Waals surface area contributed by atoms with Crippen LogP contribution in [0.25, 0.3) is 11.3 Å². The second-order valence-electron chi connectivity index (χ2n) is 6.10. The molecule has 5 heteroatoms. The van der Waals surface area contributed by atoms with Crippen LogP contribution in [-0.4, -0.2) is 17.1 Å². The topological polar surface area (TPSA) is 38.1 Å². The first-order valence-corrected chi connectivity index (χ1v) is 6.92. The van der Waals surface area contributed by atoms with Gasteiger partial charge in [0.2, 0.25) is 0 Å². The van der Waals surface area contributed by atoms with Crippen LogP contribution < -0.4 is 5.32 Å². The number of aryl methyl sites for hydroxylation is 1.